The predicted octanol–water partition coefficient (Wildman–Crippen LogP) is 5.63. The lowest BCUT2D eigenvalue weighted by molar-refractivity contribution is -0.137. The Kier molecular flexibility index (Phi) is 6.36. The Balaban J connectivity index is 1.31. The Bertz CT molecular complexity index is 1400. The molecule has 0 spiro atoms. The van der Waals surface area contributed by atoms with Crippen LogP contribution in [0.1, 0.15) is 35.7 Å². The molecule has 1 unspecified atom stereocenters. The Labute approximate surface area is 203 Å². The number of benzene rings is 2. The third-order valence-electron chi connectivity index (χ3n) is 6.38. The molecule has 0 amide bonds. The number of nitrogens with zero attached hydrogens (tertiary/aromatic N) is 3. The first-order valence-corrected chi connectivity index (χ1v) is 11.8. The summed E-state index contributed by atoms with van der Waals surface area (Å²) < 4.78 is 7.99. The molecule has 2 aromatic carbocycles. The highest BCUT2D eigenvalue weighted by molar-refractivity contribution is 5.82. The molecule has 1 atom stereocenters. The molecule has 1 aliphatic rings. The standard InChI is InChI=1S/C28H26N4O3/c1-29-22-7-4-19(5-8-22)26(18-27(33)34)32-15-12-21-17-24(10-11-25(21)32)35-16-13-23-9-6-20-3-2-14-30-28(20)31-23/h4-12,15,17,26H,2-3,13-14,16,18H2,(H,30,31)(H,33,34). The van der Waals surface area contributed by atoms with E-state index in [1.807, 2.05) is 47.2 Å². The highest BCUT2D eigenvalue weighted by Gasteiger charge is 2.19. The van der Waals surface area contributed by atoms with Crippen molar-refractivity contribution in [3.05, 3.63) is 95.1 Å². The number of ether oxygens (including phenoxy) is 1. The van der Waals surface area contributed by atoms with Crippen molar-refractivity contribution in [3.63, 3.8) is 0 Å². The summed E-state index contributed by atoms with van der Waals surface area (Å²) >= 11 is 0. The van der Waals surface area contributed by atoms with Gasteiger partial charge in [-0.2, -0.15) is 0 Å². The molecule has 7 nitrogen and oxygen atoms in total. The number of rotatable bonds is 8. The highest BCUT2D eigenvalue weighted by Crippen LogP contribution is 2.31. The monoisotopic (exact) mass is 466 g/mol. The molecule has 0 bridgehead atoms. The van der Waals surface area contributed by atoms with Crippen LogP contribution in [-0.2, 0) is 17.6 Å². The van der Waals surface area contributed by atoms with Gasteiger partial charge in [0.1, 0.15) is 11.6 Å². The van der Waals surface area contributed by atoms with Crippen molar-refractivity contribution in [2.45, 2.75) is 31.7 Å². The van der Waals surface area contributed by atoms with Gasteiger partial charge in [-0.25, -0.2) is 9.83 Å². The first kappa shape index (κ1) is 22.5. The van der Waals surface area contributed by atoms with Crippen LogP contribution in [0.3, 0.4) is 0 Å². The van der Waals surface area contributed by atoms with E-state index < -0.39 is 5.97 Å². The van der Waals surface area contributed by atoms with Gasteiger partial charge in [0, 0.05) is 35.8 Å². The van der Waals surface area contributed by atoms with Crippen LogP contribution in [0.25, 0.3) is 15.7 Å². The Morgan fingerprint density at radius 1 is 1.17 bits per heavy atom. The molecule has 176 valence electrons. The first-order valence-electron chi connectivity index (χ1n) is 11.8. The Hall–Kier alpha value is -4.31. The van der Waals surface area contributed by atoms with Crippen LogP contribution in [0.2, 0.25) is 0 Å². The fourth-order valence-electron chi connectivity index (χ4n) is 4.60. The molecule has 0 saturated heterocycles. The molecule has 3 heterocycles. The third kappa shape index (κ3) is 4.97. The van der Waals surface area contributed by atoms with Crippen LogP contribution in [0, 0.1) is 6.57 Å². The summed E-state index contributed by atoms with van der Waals surface area (Å²) in [5, 5.41) is 13.9. The third-order valence-corrected chi connectivity index (χ3v) is 6.38. The minimum atomic E-state index is -0.878. The number of nitrogens with one attached hydrogen (secondary N) is 1. The minimum Gasteiger partial charge on any atom is -0.493 e. The van der Waals surface area contributed by atoms with Gasteiger partial charge >= 0.3 is 5.97 Å². The number of aliphatic carboxylic acids is 1. The maximum Gasteiger partial charge on any atom is 0.305 e. The van der Waals surface area contributed by atoms with E-state index >= 15 is 0 Å². The molecule has 0 fully saturated rings. The van der Waals surface area contributed by atoms with Crippen molar-refractivity contribution in [1.82, 2.24) is 9.55 Å². The average molecular weight is 467 g/mol. The lowest BCUT2D eigenvalue weighted by Gasteiger charge is -2.19. The molecule has 0 aliphatic carbocycles. The van der Waals surface area contributed by atoms with Gasteiger partial charge in [0.2, 0.25) is 0 Å². The number of aryl methyl sites for hydroxylation is 1. The number of anilines is 1. The summed E-state index contributed by atoms with van der Waals surface area (Å²) in [5.41, 5.74) is 4.60. The Morgan fingerprint density at radius 3 is 2.83 bits per heavy atom. The predicted molar refractivity (Wildman–Crippen MR) is 135 cm³/mol. The lowest BCUT2D eigenvalue weighted by Crippen LogP contribution is -2.14. The second-order valence-corrected chi connectivity index (χ2v) is 8.70. The number of carbonyl (C=O) groups is 1. The van der Waals surface area contributed by atoms with E-state index in [1.54, 1.807) is 12.1 Å². The molecule has 2 N–H and O–H groups in total. The van der Waals surface area contributed by atoms with Gasteiger partial charge in [-0.1, -0.05) is 30.3 Å². The van der Waals surface area contributed by atoms with Gasteiger partial charge in [-0.05, 0) is 54.3 Å². The van der Waals surface area contributed by atoms with Crippen LogP contribution < -0.4 is 10.1 Å². The van der Waals surface area contributed by atoms with E-state index in [9.17, 15) is 9.90 Å². The van der Waals surface area contributed by atoms with Gasteiger partial charge in [-0.3, -0.25) is 4.79 Å². The zero-order chi connectivity index (χ0) is 24.2. The first-order chi connectivity index (χ1) is 17.1. The molecule has 7 heteroatoms. The molecule has 2 aromatic heterocycles. The fourth-order valence-corrected chi connectivity index (χ4v) is 4.60. The Morgan fingerprint density at radius 2 is 2.03 bits per heavy atom. The van der Waals surface area contributed by atoms with Crippen LogP contribution in [0.4, 0.5) is 11.5 Å². The van der Waals surface area contributed by atoms with Crippen LogP contribution >= 0.6 is 0 Å². The summed E-state index contributed by atoms with van der Waals surface area (Å²) in [6.07, 6.45) is 4.80. The maximum atomic E-state index is 11.6. The van der Waals surface area contributed by atoms with Gasteiger partial charge in [0.05, 0.1) is 25.6 Å². The zero-order valence-electron chi connectivity index (χ0n) is 19.3. The molecular weight excluding hydrogens is 440 g/mol. The second-order valence-electron chi connectivity index (χ2n) is 8.70. The summed E-state index contributed by atoms with van der Waals surface area (Å²) in [6, 6.07) is 18.8. The average Bonchev–Trinajstić information content (AvgIpc) is 3.30. The summed E-state index contributed by atoms with van der Waals surface area (Å²) in [4.78, 5) is 19.8. The van der Waals surface area contributed by atoms with Gasteiger partial charge in [0.25, 0.3) is 0 Å². The maximum absolute atomic E-state index is 11.6. The summed E-state index contributed by atoms with van der Waals surface area (Å²) in [7, 11) is 0. The minimum absolute atomic E-state index is 0.0535. The van der Waals surface area contributed by atoms with Crippen molar-refractivity contribution in [2.75, 3.05) is 18.5 Å². The van der Waals surface area contributed by atoms with Gasteiger partial charge in [-0.15, -0.1) is 0 Å². The molecule has 0 radical (unpaired) electrons. The number of pyridine rings is 1. The number of carboxylic acids is 1. The van der Waals surface area contributed by atoms with Crippen LogP contribution in [0.5, 0.6) is 5.75 Å². The summed E-state index contributed by atoms with van der Waals surface area (Å²) in [5.74, 6) is 0.885. The molecule has 0 saturated carbocycles. The van der Waals surface area contributed by atoms with E-state index in [0.29, 0.717) is 12.3 Å². The molecule has 35 heavy (non-hydrogen) atoms. The smallest absolute Gasteiger partial charge is 0.305 e. The number of aromatic nitrogens is 2. The second kappa shape index (κ2) is 9.90. The highest BCUT2D eigenvalue weighted by atomic mass is 16.5. The van der Waals surface area contributed by atoms with Crippen LogP contribution in [0.15, 0.2) is 66.9 Å². The van der Waals surface area contributed by atoms with E-state index in [2.05, 4.69) is 22.3 Å². The van der Waals surface area contributed by atoms with Crippen molar-refractivity contribution < 1.29 is 14.6 Å². The topological polar surface area (TPSA) is 80.7 Å². The number of fused-ring (bicyclic) bond motifs is 2. The normalized spacial score (nSPS) is 13.5. The molecule has 1 aliphatic heterocycles. The molecular formula is C28H26N4O3. The van der Waals surface area contributed by atoms with Crippen LogP contribution in [-0.4, -0.2) is 33.8 Å². The van der Waals surface area contributed by atoms with E-state index in [-0.39, 0.29) is 12.5 Å². The van der Waals surface area contributed by atoms with Crippen molar-refractivity contribution in [3.8, 4) is 5.75 Å². The van der Waals surface area contributed by atoms with Crippen molar-refractivity contribution in [2.24, 2.45) is 0 Å². The number of hydrogen-bond acceptors (Lipinski definition) is 4. The van der Waals surface area contributed by atoms with Crippen molar-refractivity contribution in [1.29, 1.82) is 0 Å². The number of carboxylic acid groups (broad SMARTS) is 1. The quantitative estimate of drug-likeness (QED) is 0.329. The van der Waals surface area contributed by atoms with E-state index in [4.69, 9.17) is 16.3 Å². The van der Waals surface area contributed by atoms with Gasteiger partial charge < -0.3 is 19.7 Å². The molecule has 4 aromatic rings. The summed E-state index contributed by atoms with van der Waals surface area (Å²) in [6.45, 7) is 8.64. The largest absolute Gasteiger partial charge is 0.493 e. The lowest BCUT2D eigenvalue weighted by atomic mass is 10.0. The fraction of sp³-hybridized carbons (Fsp3) is 0.250. The van der Waals surface area contributed by atoms with E-state index in [1.165, 1.54) is 5.56 Å². The van der Waals surface area contributed by atoms with E-state index in [0.717, 1.165) is 59.5 Å². The van der Waals surface area contributed by atoms with Crippen molar-refractivity contribution >= 4 is 28.4 Å². The number of hydrogen-bond donors (Lipinski definition) is 2. The zero-order valence-corrected chi connectivity index (χ0v) is 19.3. The van der Waals surface area contributed by atoms with Gasteiger partial charge in [0.15, 0.2) is 5.69 Å². The molecule has 5 rings (SSSR count). The SMILES string of the molecule is [C-]#[N+]c1ccc(C(CC(=O)O)n2ccc3cc(OCCc4ccc5c(n4)NCCC5)ccc32)cc1.